The smallest absolute Gasteiger partial charge is 0.135 e. The lowest BCUT2D eigenvalue weighted by Gasteiger charge is -2.06. The van der Waals surface area contributed by atoms with Crippen LogP contribution in [0.5, 0.6) is 5.75 Å². The summed E-state index contributed by atoms with van der Waals surface area (Å²) in [5.41, 5.74) is 0.947. The summed E-state index contributed by atoms with van der Waals surface area (Å²) in [7, 11) is 0. The van der Waals surface area contributed by atoms with Crippen molar-refractivity contribution >= 4 is 15.9 Å². The Bertz CT molecular complexity index is 440. The largest absolute Gasteiger partial charge is 0.487 e. The number of halogens is 1. The molecule has 1 aromatic carbocycles. The zero-order valence-corrected chi connectivity index (χ0v) is 12.4. The fourth-order valence-corrected chi connectivity index (χ4v) is 1.59. The van der Waals surface area contributed by atoms with Gasteiger partial charge in [0.25, 0.3) is 0 Å². The Morgan fingerprint density at radius 2 is 2.11 bits per heavy atom. The highest BCUT2D eigenvalue weighted by Gasteiger charge is 1.99. The molecular formula is C16H19BrO. The Morgan fingerprint density at radius 3 is 2.83 bits per heavy atom. The van der Waals surface area contributed by atoms with Crippen molar-refractivity contribution in [3.8, 4) is 17.6 Å². The number of hydrogen-bond donors (Lipinski definition) is 0. The van der Waals surface area contributed by atoms with E-state index in [4.69, 9.17) is 4.74 Å². The van der Waals surface area contributed by atoms with Crippen LogP contribution in [0.2, 0.25) is 0 Å². The second-order valence-electron chi connectivity index (χ2n) is 4.06. The molecule has 1 aromatic rings. The first-order chi connectivity index (χ1) is 8.74. The lowest BCUT2D eigenvalue weighted by Crippen LogP contribution is -1.97. The summed E-state index contributed by atoms with van der Waals surface area (Å²) in [4.78, 5) is 0. The van der Waals surface area contributed by atoms with Crippen LogP contribution in [-0.2, 0) is 0 Å². The molecule has 0 bridgehead atoms. The van der Waals surface area contributed by atoms with Gasteiger partial charge in [-0.1, -0.05) is 66.2 Å². The van der Waals surface area contributed by atoms with Crippen molar-refractivity contribution < 1.29 is 4.74 Å². The molecule has 18 heavy (non-hydrogen) atoms. The molecule has 0 N–H and O–H groups in total. The summed E-state index contributed by atoms with van der Waals surface area (Å²) < 4.78 is 6.45. The van der Waals surface area contributed by atoms with Crippen molar-refractivity contribution in [1.29, 1.82) is 0 Å². The lowest BCUT2D eigenvalue weighted by atomic mass is 10.1. The summed E-state index contributed by atoms with van der Waals surface area (Å²) in [5.74, 6) is 7.20. The number of benzene rings is 1. The SMILES string of the molecule is C=C(Br)COc1ccccc1C#CCCCCC. The molecule has 0 amide bonds. The van der Waals surface area contributed by atoms with E-state index < -0.39 is 0 Å². The average Bonchev–Trinajstić information content (AvgIpc) is 2.37. The van der Waals surface area contributed by atoms with Gasteiger partial charge in [0.1, 0.15) is 12.4 Å². The molecule has 0 aliphatic rings. The minimum atomic E-state index is 0.467. The zero-order valence-electron chi connectivity index (χ0n) is 10.8. The second-order valence-corrected chi connectivity index (χ2v) is 5.18. The summed E-state index contributed by atoms with van der Waals surface area (Å²) >= 11 is 3.28. The number of para-hydroxylation sites is 1. The predicted molar refractivity (Wildman–Crippen MR) is 81.0 cm³/mol. The number of hydrogen-bond acceptors (Lipinski definition) is 1. The number of ether oxygens (including phenoxy) is 1. The lowest BCUT2D eigenvalue weighted by molar-refractivity contribution is 0.360. The molecule has 96 valence electrons. The third-order valence-corrected chi connectivity index (χ3v) is 2.63. The molecule has 0 unspecified atom stereocenters. The van der Waals surface area contributed by atoms with E-state index in [1.54, 1.807) is 0 Å². The zero-order chi connectivity index (χ0) is 13.2. The normalized spacial score (nSPS) is 9.44. The van der Waals surface area contributed by atoms with Gasteiger partial charge in [-0.3, -0.25) is 0 Å². The average molecular weight is 307 g/mol. The Morgan fingerprint density at radius 1 is 1.33 bits per heavy atom. The maximum atomic E-state index is 5.63. The molecule has 0 saturated carbocycles. The Balaban J connectivity index is 2.60. The van der Waals surface area contributed by atoms with Crippen molar-refractivity contribution in [1.82, 2.24) is 0 Å². The topological polar surface area (TPSA) is 9.23 Å². The van der Waals surface area contributed by atoms with Crippen LogP contribution in [0.3, 0.4) is 0 Å². The van der Waals surface area contributed by atoms with Crippen molar-refractivity contribution in [2.24, 2.45) is 0 Å². The van der Waals surface area contributed by atoms with Crippen molar-refractivity contribution in [2.45, 2.75) is 32.6 Å². The Kier molecular flexibility index (Phi) is 7.29. The minimum Gasteiger partial charge on any atom is -0.487 e. The maximum absolute atomic E-state index is 5.63. The van der Waals surface area contributed by atoms with E-state index in [0.717, 1.165) is 22.2 Å². The molecule has 0 heterocycles. The summed E-state index contributed by atoms with van der Waals surface area (Å²) in [6.07, 6.45) is 4.60. The Labute approximate surface area is 118 Å². The van der Waals surface area contributed by atoms with Gasteiger partial charge in [0, 0.05) is 10.9 Å². The quantitative estimate of drug-likeness (QED) is 0.536. The first kappa shape index (κ1) is 14.9. The van der Waals surface area contributed by atoms with Crippen molar-refractivity contribution in [3.63, 3.8) is 0 Å². The van der Waals surface area contributed by atoms with E-state index in [-0.39, 0.29) is 0 Å². The molecule has 0 fully saturated rings. The van der Waals surface area contributed by atoms with Crippen LogP contribution >= 0.6 is 15.9 Å². The van der Waals surface area contributed by atoms with Crippen LogP contribution in [0, 0.1) is 11.8 Å². The second kappa shape index (κ2) is 8.83. The van der Waals surface area contributed by atoms with Gasteiger partial charge in [-0.05, 0) is 18.6 Å². The van der Waals surface area contributed by atoms with Gasteiger partial charge in [0.15, 0.2) is 0 Å². The standard InChI is InChI=1S/C16H19BrO/c1-3-4-5-6-7-10-15-11-8-9-12-16(15)18-13-14(2)17/h8-9,11-12H,2-6,13H2,1H3. The molecular weight excluding hydrogens is 288 g/mol. The third-order valence-electron chi connectivity index (χ3n) is 2.40. The molecule has 1 nitrogen and oxygen atoms in total. The number of unbranched alkanes of at least 4 members (excludes halogenated alkanes) is 3. The van der Waals surface area contributed by atoms with Crippen LogP contribution in [0.25, 0.3) is 0 Å². The molecule has 1 rings (SSSR count). The highest BCUT2D eigenvalue weighted by Crippen LogP contribution is 2.18. The van der Waals surface area contributed by atoms with E-state index in [1.165, 1.54) is 19.3 Å². The van der Waals surface area contributed by atoms with Crippen LogP contribution in [0.15, 0.2) is 35.3 Å². The van der Waals surface area contributed by atoms with E-state index >= 15 is 0 Å². The molecule has 0 atom stereocenters. The van der Waals surface area contributed by atoms with Crippen LogP contribution in [-0.4, -0.2) is 6.61 Å². The van der Waals surface area contributed by atoms with E-state index in [0.29, 0.717) is 6.61 Å². The molecule has 0 spiro atoms. The fraction of sp³-hybridized carbons (Fsp3) is 0.375. The van der Waals surface area contributed by atoms with E-state index in [9.17, 15) is 0 Å². The summed E-state index contributed by atoms with van der Waals surface area (Å²) in [5, 5.41) is 0. The number of rotatable bonds is 6. The van der Waals surface area contributed by atoms with Gasteiger partial charge in [0.2, 0.25) is 0 Å². The van der Waals surface area contributed by atoms with Crippen LogP contribution in [0.1, 0.15) is 38.2 Å². The molecule has 0 aromatic heterocycles. The van der Waals surface area contributed by atoms with Crippen LogP contribution in [0.4, 0.5) is 0 Å². The molecule has 2 heteroatoms. The molecule has 0 aliphatic heterocycles. The van der Waals surface area contributed by atoms with Gasteiger partial charge in [-0.15, -0.1) is 0 Å². The molecule has 0 aliphatic carbocycles. The predicted octanol–water partition coefficient (Wildman–Crippen LogP) is 4.91. The van der Waals surface area contributed by atoms with Gasteiger partial charge >= 0.3 is 0 Å². The molecule has 0 radical (unpaired) electrons. The third kappa shape index (κ3) is 5.93. The maximum Gasteiger partial charge on any atom is 0.135 e. The Hall–Kier alpha value is -1.20. The highest BCUT2D eigenvalue weighted by molar-refractivity contribution is 9.11. The van der Waals surface area contributed by atoms with E-state index in [2.05, 4.69) is 41.3 Å². The molecule has 0 saturated heterocycles. The highest BCUT2D eigenvalue weighted by atomic mass is 79.9. The van der Waals surface area contributed by atoms with Crippen LogP contribution < -0.4 is 4.74 Å². The minimum absolute atomic E-state index is 0.467. The van der Waals surface area contributed by atoms with Gasteiger partial charge in [-0.25, -0.2) is 0 Å². The van der Waals surface area contributed by atoms with Crippen molar-refractivity contribution in [2.75, 3.05) is 6.61 Å². The first-order valence-corrected chi connectivity index (χ1v) is 7.07. The summed E-state index contributed by atoms with van der Waals surface area (Å²) in [6, 6.07) is 7.85. The summed E-state index contributed by atoms with van der Waals surface area (Å²) in [6.45, 7) is 6.42. The fourth-order valence-electron chi connectivity index (χ4n) is 1.47. The van der Waals surface area contributed by atoms with Gasteiger partial charge < -0.3 is 4.74 Å². The van der Waals surface area contributed by atoms with E-state index in [1.807, 2.05) is 24.3 Å². The first-order valence-electron chi connectivity index (χ1n) is 6.28. The van der Waals surface area contributed by atoms with Gasteiger partial charge in [-0.2, -0.15) is 0 Å². The monoisotopic (exact) mass is 306 g/mol. The van der Waals surface area contributed by atoms with Gasteiger partial charge in [0.05, 0.1) is 5.56 Å². The van der Waals surface area contributed by atoms with Crippen molar-refractivity contribution in [3.05, 3.63) is 40.9 Å².